The van der Waals surface area contributed by atoms with Gasteiger partial charge < -0.3 is 5.11 Å². The van der Waals surface area contributed by atoms with E-state index in [2.05, 4.69) is 32.9 Å². The van der Waals surface area contributed by atoms with Crippen LogP contribution in [0.15, 0.2) is 36.4 Å². The summed E-state index contributed by atoms with van der Waals surface area (Å²) in [4.78, 5) is 0. The van der Waals surface area contributed by atoms with Crippen molar-refractivity contribution in [3.05, 3.63) is 42.0 Å². The predicted molar refractivity (Wildman–Crippen MR) is 68.9 cm³/mol. The lowest BCUT2D eigenvalue weighted by Gasteiger charge is -2.25. The zero-order valence-electron chi connectivity index (χ0n) is 10.1. The van der Waals surface area contributed by atoms with E-state index in [0.717, 1.165) is 11.8 Å². The summed E-state index contributed by atoms with van der Waals surface area (Å²) in [6, 6.07) is 11.9. The number of hydrogen-bond acceptors (Lipinski definition) is 1. The van der Waals surface area contributed by atoms with Gasteiger partial charge in [-0.25, -0.2) is 0 Å². The molecule has 0 aliphatic carbocycles. The third kappa shape index (κ3) is 1.78. The van der Waals surface area contributed by atoms with Gasteiger partial charge in [0.05, 0.1) is 0 Å². The largest absolute Gasteiger partial charge is 0.508 e. The molecule has 0 fully saturated rings. The molecule has 0 heterocycles. The highest BCUT2D eigenvalue weighted by atomic mass is 16.3. The maximum Gasteiger partial charge on any atom is 0.116 e. The van der Waals surface area contributed by atoms with Gasteiger partial charge in [0.15, 0.2) is 0 Å². The summed E-state index contributed by atoms with van der Waals surface area (Å²) in [5, 5.41) is 11.8. The third-order valence-electron chi connectivity index (χ3n) is 3.48. The van der Waals surface area contributed by atoms with Crippen LogP contribution in [0.2, 0.25) is 0 Å². The fourth-order valence-electron chi connectivity index (χ4n) is 2.05. The first kappa shape index (κ1) is 11.0. The van der Waals surface area contributed by atoms with Gasteiger partial charge in [-0.2, -0.15) is 0 Å². The molecule has 0 spiro atoms. The molecule has 0 amide bonds. The Morgan fingerprint density at radius 1 is 1.12 bits per heavy atom. The lowest BCUT2D eigenvalue weighted by atomic mass is 9.80. The van der Waals surface area contributed by atoms with Crippen LogP contribution < -0.4 is 0 Å². The molecule has 0 saturated heterocycles. The highest BCUT2D eigenvalue weighted by Crippen LogP contribution is 2.33. The average molecular weight is 214 g/mol. The first-order valence-electron chi connectivity index (χ1n) is 5.77. The Bertz CT molecular complexity index is 512. The molecule has 2 aromatic carbocycles. The van der Waals surface area contributed by atoms with Gasteiger partial charge in [0, 0.05) is 0 Å². The van der Waals surface area contributed by atoms with Crippen molar-refractivity contribution in [2.45, 2.75) is 32.6 Å². The predicted octanol–water partition coefficient (Wildman–Crippen LogP) is 4.23. The molecule has 84 valence electrons. The molecule has 1 N–H and O–H groups in total. The Balaban J connectivity index is 2.72. The van der Waals surface area contributed by atoms with Crippen molar-refractivity contribution in [2.24, 2.45) is 0 Å². The minimum absolute atomic E-state index is 0.177. The van der Waals surface area contributed by atoms with E-state index in [4.69, 9.17) is 0 Å². The first-order chi connectivity index (χ1) is 7.54. The molecule has 0 radical (unpaired) electrons. The molecule has 2 aromatic rings. The standard InChI is InChI=1S/C15H18O/c1-4-15(2,3)14-7-5-6-11-10-12(16)8-9-13(11)14/h5-10,16H,4H2,1-3H3. The van der Waals surface area contributed by atoms with Crippen molar-refractivity contribution in [3.8, 4) is 5.75 Å². The van der Waals surface area contributed by atoms with Crippen LogP contribution in [0.4, 0.5) is 0 Å². The Morgan fingerprint density at radius 2 is 1.88 bits per heavy atom. The van der Waals surface area contributed by atoms with E-state index >= 15 is 0 Å². The highest BCUT2D eigenvalue weighted by Gasteiger charge is 2.20. The molecule has 0 bridgehead atoms. The van der Waals surface area contributed by atoms with Crippen LogP contribution in [0.25, 0.3) is 10.8 Å². The number of benzene rings is 2. The zero-order chi connectivity index (χ0) is 11.8. The Hall–Kier alpha value is -1.50. The number of hydrogen-bond donors (Lipinski definition) is 1. The number of aromatic hydroxyl groups is 1. The van der Waals surface area contributed by atoms with E-state index < -0.39 is 0 Å². The number of phenolic OH excluding ortho intramolecular Hbond substituents is 1. The van der Waals surface area contributed by atoms with Crippen molar-refractivity contribution in [3.63, 3.8) is 0 Å². The summed E-state index contributed by atoms with van der Waals surface area (Å²) in [5.41, 5.74) is 1.53. The zero-order valence-corrected chi connectivity index (χ0v) is 10.1. The van der Waals surface area contributed by atoms with Crippen LogP contribution in [0.3, 0.4) is 0 Å². The van der Waals surface area contributed by atoms with Crippen LogP contribution in [-0.4, -0.2) is 5.11 Å². The third-order valence-corrected chi connectivity index (χ3v) is 3.48. The lowest BCUT2D eigenvalue weighted by Crippen LogP contribution is -2.15. The van der Waals surface area contributed by atoms with E-state index in [1.54, 1.807) is 6.07 Å². The number of rotatable bonds is 2. The van der Waals surface area contributed by atoms with E-state index in [-0.39, 0.29) is 5.41 Å². The molecular formula is C15H18O. The molecule has 0 saturated carbocycles. The molecule has 0 aliphatic heterocycles. The average Bonchev–Trinajstić information content (AvgIpc) is 2.27. The van der Waals surface area contributed by atoms with Crippen molar-refractivity contribution in [1.82, 2.24) is 0 Å². The highest BCUT2D eigenvalue weighted by molar-refractivity contribution is 5.87. The Morgan fingerprint density at radius 3 is 2.56 bits per heavy atom. The van der Waals surface area contributed by atoms with E-state index in [1.807, 2.05) is 18.2 Å². The van der Waals surface area contributed by atoms with E-state index in [0.29, 0.717) is 5.75 Å². The van der Waals surface area contributed by atoms with Crippen LogP contribution in [0.5, 0.6) is 5.75 Å². The van der Waals surface area contributed by atoms with Gasteiger partial charge in [0.1, 0.15) is 5.75 Å². The monoisotopic (exact) mass is 214 g/mol. The van der Waals surface area contributed by atoms with Gasteiger partial charge >= 0.3 is 0 Å². The van der Waals surface area contributed by atoms with Crippen LogP contribution in [0.1, 0.15) is 32.8 Å². The maximum absolute atomic E-state index is 9.48. The molecule has 1 heteroatoms. The summed E-state index contributed by atoms with van der Waals surface area (Å²) in [6.45, 7) is 6.72. The molecule has 16 heavy (non-hydrogen) atoms. The smallest absolute Gasteiger partial charge is 0.116 e. The maximum atomic E-state index is 9.48. The van der Waals surface area contributed by atoms with Gasteiger partial charge in [-0.15, -0.1) is 0 Å². The van der Waals surface area contributed by atoms with E-state index in [9.17, 15) is 5.11 Å². The topological polar surface area (TPSA) is 20.2 Å². The fraction of sp³-hybridized carbons (Fsp3) is 0.333. The summed E-state index contributed by atoms with van der Waals surface area (Å²) in [7, 11) is 0. The SMILES string of the molecule is CCC(C)(C)c1cccc2cc(O)ccc12. The van der Waals surface area contributed by atoms with Gasteiger partial charge in [-0.1, -0.05) is 45.0 Å². The quantitative estimate of drug-likeness (QED) is 0.793. The number of fused-ring (bicyclic) bond motifs is 1. The minimum Gasteiger partial charge on any atom is -0.508 e. The molecule has 1 nitrogen and oxygen atoms in total. The van der Waals surface area contributed by atoms with Crippen LogP contribution in [-0.2, 0) is 5.41 Å². The van der Waals surface area contributed by atoms with Gasteiger partial charge in [-0.05, 0) is 40.3 Å². The molecule has 0 aromatic heterocycles. The first-order valence-corrected chi connectivity index (χ1v) is 5.77. The Kier molecular flexibility index (Phi) is 2.63. The van der Waals surface area contributed by atoms with Crippen LogP contribution in [0, 0.1) is 0 Å². The van der Waals surface area contributed by atoms with Crippen molar-refractivity contribution in [1.29, 1.82) is 0 Å². The molecular weight excluding hydrogens is 196 g/mol. The second kappa shape index (κ2) is 3.82. The summed E-state index contributed by atoms with van der Waals surface area (Å²) >= 11 is 0. The Labute approximate surface area is 96.7 Å². The van der Waals surface area contributed by atoms with Gasteiger partial charge in [0.25, 0.3) is 0 Å². The second-order valence-electron chi connectivity index (χ2n) is 4.95. The fourth-order valence-corrected chi connectivity index (χ4v) is 2.05. The van der Waals surface area contributed by atoms with Crippen molar-refractivity contribution < 1.29 is 5.11 Å². The second-order valence-corrected chi connectivity index (χ2v) is 4.95. The molecule has 2 rings (SSSR count). The van der Waals surface area contributed by atoms with E-state index in [1.165, 1.54) is 10.9 Å². The lowest BCUT2D eigenvalue weighted by molar-refractivity contribution is 0.476. The minimum atomic E-state index is 0.177. The normalized spacial score (nSPS) is 11.9. The number of phenols is 1. The molecule has 0 aliphatic rings. The van der Waals surface area contributed by atoms with Crippen molar-refractivity contribution in [2.75, 3.05) is 0 Å². The van der Waals surface area contributed by atoms with Gasteiger partial charge in [-0.3, -0.25) is 0 Å². The summed E-state index contributed by atoms with van der Waals surface area (Å²) in [6.07, 6.45) is 1.10. The molecule has 0 atom stereocenters. The molecule has 0 unspecified atom stereocenters. The summed E-state index contributed by atoms with van der Waals surface area (Å²) in [5.74, 6) is 0.332. The van der Waals surface area contributed by atoms with Gasteiger partial charge in [0.2, 0.25) is 0 Å². The van der Waals surface area contributed by atoms with Crippen molar-refractivity contribution >= 4 is 10.8 Å². The van der Waals surface area contributed by atoms with Crippen LogP contribution >= 0.6 is 0 Å². The summed E-state index contributed by atoms with van der Waals surface area (Å²) < 4.78 is 0.